The van der Waals surface area contributed by atoms with Gasteiger partial charge in [-0.3, -0.25) is 9.69 Å². The van der Waals surface area contributed by atoms with Crippen molar-refractivity contribution in [1.29, 1.82) is 0 Å². The minimum atomic E-state index is -0.107. The normalized spacial score (nSPS) is 15.1. The molecule has 0 aromatic heterocycles. The summed E-state index contributed by atoms with van der Waals surface area (Å²) < 4.78 is 18.6. The minimum Gasteiger partial charge on any atom is -0.493 e. The molecule has 5 nitrogen and oxygen atoms in total. The second kappa shape index (κ2) is 9.85. The van der Waals surface area contributed by atoms with Gasteiger partial charge >= 0.3 is 0 Å². The zero-order valence-electron chi connectivity index (χ0n) is 17.2. The molecule has 2 aromatic carbocycles. The average molecular weight is 508 g/mol. The Balaban J connectivity index is 1.70. The van der Waals surface area contributed by atoms with Crippen molar-refractivity contribution in [2.24, 2.45) is 0 Å². The van der Waals surface area contributed by atoms with Crippen LogP contribution in [0.4, 0.5) is 0 Å². The van der Waals surface area contributed by atoms with Gasteiger partial charge in [0, 0.05) is 7.05 Å². The molecule has 3 rings (SSSR count). The van der Waals surface area contributed by atoms with E-state index >= 15 is 0 Å². The summed E-state index contributed by atoms with van der Waals surface area (Å²) in [7, 11) is 3.25. The average Bonchev–Trinajstić information content (AvgIpc) is 2.94. The van der Waals surface area contributed by atoms with Crippen molar-refractivity contribution in [2.45, 2.75) is 13.8 Å². The Bertz CT molecular complexity index is 1000. The van der Waals surface area contributed by atoms with Gasteiger partial charge in [0.2, 0.25) is 0 Å². The van der Waals surface area contributed by atoms with Crippen LogP contribution in [-0.4, -0.2) is 42.5 Å². The largest absolute Gasteiger partial charge is 0.493 e. The molecule has 0 aliphatic carbocycles. The van der Waals surface area contributed by atoms with Gasteiger partial charge in [-0.05, 0) is 64.7 Å². The molecular formula is C22H22BrNO4S2. The van der Waals surface area contributed by atoms with Gasteiger partial charge in [0.25, 0.3) is 5.91 Å². The SMILES string of the molecule is COc1cc(C=C2SC(=S)N(C)C2=O)cc(Br)c1OCCOc1c(C)cccc1C. The van der Waals surface area contributed by atoms with Crippen LogP contribution in [0.25, 0.3) is 6.08 Å². The zero-order valence-corrected chi connectivity index (χ0v) is 20.4. The number of benzene rings is 2. The van der Waals surface area contributed by atoms with E-state index in [1.165, 1.54) is 16.7 Å². The van der Waals surface area contributed by atoms with Crippen LogP contribution in [0.5, 0.6) is 17.2 Å². The first kappa shape index (κ1) is 22.7. The molecule has 30 heavy (non-hydrogen) atoms. The van der Waals surface area contributed by atoms with Crippen LogP contribution >= 0.6 is 39.9 Å². The molecule has 0 bridgehead atoms. The third kappa shape index (κ3) is 4.99. The van der Waals surface area contributed by atoms with E-state index in [1.54, 1.807) is 20.2 Å². The standard InChI is InChI=1S/C22H22BrNO4S2/c1-13-6-5-7-14(2)19(13)27-8-9-28-20-16(23)10-15(11-17(20)26-4)12-18-21(25)24(3)22(29)30-18/h5-7,10-12H,8-9H2,1-4H3. The lowest BCUT2D eigenvalue weighted by Gasteiger charge is -2.15. The Labute approximate surface area is 194 Å². The number of thiocarbonyl (C=S) groups is 1. The number of ether oxygens (including phenoxy) is 3. The molecule has 1 saturated heterocycles. The number of halogens is 1. The maximum atomic E-state index is 12.2. The number of likely N-dealkylation sites (N-methyl/N-ethyl adjacent to an activating group) is 1. The number of carbonyl (C=O) groups excluding carboxylic acids is 1. The Hall–Kier alpha value is -2.03. The highest BCUT2D eigenvalue weighted by Crippen LogP contribution is 2.39. The van der Waals surface area contributed by atoms with Crippen molar-refractivity contribution in [2.75, 3.05) is 27.4 Å². The van der Waals surface area contributed by atoms with Gasteiger partial charge in [-0.15, -0.1) is 0 Å². The number of aryl methyl sites for hydroxylation is 2. The van der Waals surface area contributed by atoms with Gasteiger partial charge in [0.1, 0.15) is 23.3 Å². The van der Waals surface area contributed by atoms with Crippen LogP contribution in [-0.2, 0) is 4.79 Å². The van der Waals surface area contributed by atoms with Crippen molar-refractivity contribution in [3.05, 3.63) is 56.4 Å². The number of nitrogens with zero attached hydrogens (tertiary/aromatic N) is 1. The summed E-state index contributed by atoms with van der Waals surface area (Å²) in [5.41, 5.74) is 3.00. The maximum absolute atomic E-state index is 12.2. The minimum absolute atomic E-state index is 0.107. The first-order valence-electron chi connectivity index (χ1n) is 9.22. The third-order valence-electron chi connectivity index (χ3n) is 4.52. The molecule has 0 N–H and O–H groups in total. The molecule has 0 saturated carbocycles. The Morgan fingerprint density at radius 2 is 1.77 bits per heavy atom. The number of hydrogen-bond donors (Lipinski definition) is 0. The Kier molecular flexibility index (Phi) is 7.44. The van der Waals surface area contributed by atoms with E-state index in [-0.39, 0.29) is 5.91 Å². The first-order chi connectivity index (χ1) is 14.3. The third-order valence-corrected chi connectivity index (χ3v) is 6.59. The van der Waals surface area contributed by atoms with Crippen LogP contribution in [0.15, 0.2) is 39.7 Å². The second-order valence-corrected chi connectivity index (χ2v) is 9.22. The van der Waals surface area contributed by atoms with Crippen LogP contribution in [0.2, 0.25) is 0 Å². The number of rotatable bonds is 7. The molecular weight excluding hydrogens is 486 g/mol. The van der Waals surface area contributed by atoms with Crippen LogP contribution in [0.3, 0.4) is 0 Å². The fourth-order valence-corrected chi connectivity index (χ4v) is 4.73. The predicted molar refractivity (Wildman–Crippen MR) is 129 cm³/mol. The summed E-state index contributed by atoms with van der Waals surface area (Å²) in [6.45, 7) is 4.81. The number of methoxy groups -OCH3 is 1. The van der Waals surface area contributed by atoms with Crippen molar-refractivity contribution in [3.63, 3.8) is 0 Å². The molecule has 0 atom stereocenters. The molecule has 0 unspecified atom stereocenters. The monoisotopic (exact) mass is 507 g/mol. The highest BCUT2D eigenvalue weighted by Gasteiger charge is 2.28. The summed E-state index contributed by atoms with van der Waals surface area (Å²) in [6, 6.07) is 9.76. The van der Waals surface area contributed by atoms with E-state index in [9.17, 15) is 4.79 Å². The van der Waals surface area contributed by atoms with Gasteiger partial charge < -0.3 is 14.2 Å². The number of thioether (sulfide) groups is 1. The molecule has 0 spiro atoms. The maximum Gasteiger partial charge on any atom is 0.265 e. The van der Waals surface area contributed by atoms with E-state index in [4.69, 9.17) is 26.4 Å². The molecule has 1 amide bonds. The number of carbonyl (C=O) groups is 1. The molecule has 8 heteroatoms. The van der Waals surface area contributed by atoms with Gasteiger partial charge in [-0.25, -0.2) is 0 Å². The summed E-state index contributed by atoms with van der Waals surface area (Å²) in [5, 5.41) is 0. The van der Waals surface area contributed by atoms with E-state index < -0.39 is 0 Å². The number of hydrogen-bond acceptors (Lipinski definition) is 6. The number of para-hydroxylation sites is 1. The molecule has 158 valence electrons. The Morgan fingerprint density at radius 3 is 2.33 bits per heavy atom. The second-order valence-electron chi connectivity index (χ2n) is 6.69. The topological polar surface area (TPSA) is 48.0 Å². The smallest absolute Gasteiger partial charge is 0.265 e. The summed E-state index contributed by atoms with van der Waals surface area (Å²) in [5.74, 6) is 1.93. The summed E-state index contributed by atoms with van der Waals surface area (Å²) >= 11 is 10.0. The van der Waals surface area contributed by atoms with E-state index in [0.29, 0.717) is 33.9 Å². The number of amides is 1. The van der Waals surface area contributed by atoms with Crippen molar-refractivity contribution in [1.82, 2.24) is 4.90 Å². The lowest BCUT2D eigenvalue weighted by Crippen LogP contribution is -2.22. The lowest BCUT2D eigenvalue weighted by atomic mass is 10.1. The predicted octanol–water partition coefficient (Wildman–Crippen LogP) is 5.36. The van der Waals surface area contributed by atoms with Gasteiger partial charge in [0.05, 0.1) is 16.5 Å². The Morgan fingerprint density at radius 1 is 1.13 bits per heavy atom. The molecule has 1 aliphatic heterocycles. The van der Waals surface area contributed by atoms with Crippen LogP contribution in [0.1, 0.15) is 16.7 Å². The van der Waals surface area contributed by atoms with Crippen molar-refractivity contribution >= 4 is 56.2 Å². The fourth-order valence-electron chi connectivity index (χ4n) is 2.97. The molecule has 1 fully saturated rings. The summed E-state index contributed by atoms with van der Waals surface area (Å²) in [4.78, 5) is 14.3. The van der Waals surface area contributed by atoms with E-state index in [2.05, 4.69) is 15.9 Å². The molecule has 1 aliphatic rings. The van der Waals surface area contributed by atoms with Gasteiger partial charge in [0.15, 0.2) is 11.5 Å². The quantitative estimate of drug-likeness (QED) is 0.285. The summed E-state index contributed by atoms with van der Waals surface area (Å²) in [6.07, 6.45) is 1.80. The highest BCUT2D eigenvalue weighted by molar-refractivity contribution is 9.10. The van der Waals surface area contributed by atoms with Crippen LogP contribution < -0.4 is 14.2 Å². The van der Waals surface area contributed by atoms with Gasteiger partial charge in [-0.2, -0.15) is 0 Å². The molecule has 0 radical (unpaired) electrons. The van der Waals surface area contributed by atoms with E-state index in [1.807, 2.05) is 44.2 Å². The molecule has 1 heterocycles. The highest BCUT2D eigenvalue weighted by atomic mass is 79.9. The van der Waals surface area contributed by atoms with Gasteiger partial charge in [-0.1, -0.05) is 42.2 Å². The van der Waals surface area contributed by atoms with Crippen molar-refractivity contribution in [3.8, 4) is 17.2 Å². The van der Waals surface area contributed by atoms with Crippen molar-refractivity contribution < 1.29 is 19.0 Å². The first-order valence-corrected chi connectivity index (χ1v) is 11.2. The molecule has 2 aromatic rings. The fraction of sp³-hybridized carbons (Fsp3) is 0.273. The van der Waals surface area contributed by atoms with E-state index in [0.717, 1.165) is 26.9 Å². The lowest BCUT2D eigenvalue weighted by molar-refractivity contribution is -0.121. The zero-order chi connectivity index (χ0) is 21.8. The van der Waals surface area contributed by atoms with Crippen LogP contribution in [0, 0.1) is 13.8 Å².